The van der Waals surface area contributed by atoms with Gasteiger partial charge in [0, 0.05) is 23.4 Å². The van der Waals surface area contributed by atoms with Gasteiger partial charge in [0.05, 0.1) is 6.54 Å². The average Bonchev–Trinajstić information content (AvgIpc) is 3.32. The van der Waals surface area contributed by atoms with Gasteiger partial charge in [-0.1, -0.05) is 18.2 Å². The molecule has 3 N–H and O–H groups in total. The van der Waals surface area contributed by atoms with E-state index in [0.717, 1.165) is 34.7 Å². The fraction of sp³-hybridized carbons (Fsp3) is 0.500. The fourth-order valence-corrected chi connectivity index (χ4v) is 3.93. The number of hydrogen-bond acceptors (Lipinski definition) is 4. The van der Waals surface area contributed by atoms with Crippen molar-refractivity contribution in [3.8, 4) is 11.4 Å². The molecule has 134 valence electrons. The number of nitrogens with one attached hydrogen (secondary N) is 3. The van der Waals surface area contributed by atoms with Crippen molar-refractivity contribution in [2.24, 2.45) is 4.99 Å². The molecule has 0 amide bonds. The van der Waals surface area contributed by atoms with Gasteiger partial charge in [0.1, 0.15) is 6.33 Å². The summed E-state index contributed by atoms with van der Waals surface area (Å²) in [5.41, 5.74) is 2.18. The third kappa shape index (κ3) is 4.98. The second kappa shape index (κ2) is 8.89. The summed E-state index contributed by atoms with van der Waals surface area (Å²) in [7, 11) is 0. The minimum Gasteiger partial charge on any atom is -0.357 e. The minimum absolute atomic E-state index is 0.524. The first-order chi connectivity index (χ1) is 12.3. The highest BCUT2D eigenvalue weighted by atomic mass is 32.2. The van der Waals surface area contributed by atoms with Crippen LogP contribution in [0.2, 0.25) is 0 Å². The SMILES string of the molecule is CCNC(=NCc1cccc(-c2ncn[nH]2)c1)NC1CCC(SC)C1. The number of aromatic nitrogens is 3. The predicted molar refractivity (Wildman–Crippen MR) is 105 cm³/mol. The maximum atomic E-state index is 4.76. The summed E-state index contributed by atoms with van der Waals surface area (Å²) in [5, 5.41) is 14.5. The topological polar surface area (TPSA) is 78.0 Å². The Morgan fingerprint density at radius 3 is 3.04 bits per heavy atom. The van der Waals surface area contributed by atoms with E-state index in [4.69, 9.17) is 4.99 Å². The molecule has 1 aliphatic carbocycles. The van der Waals surface area contributed by atoms with Gasteiger partial charge in [-0.25, -0.2) is 9.98 Å². The second-order valence-corrected chi connectivity index (χ2v) is 7.38. The van der Waals surface area contributed by atoms with E-state index in [1.54, 1.807) is 0 Å². The standard InChI is InChI=1S/C18H26N6S/c1-3-19-18(23-15-7-8-16(10-15)25-2)20-11-13-5-4-6-14(9-13)17-21-12-22-24-17/h4-6,9,12,15-16H,3,7-8,10-11H2,1-2H3,(H2,19,20,23)(H,21,22,24). The molecule has 0 radical (unpaired) electrons. The van der Waals surface area contributed by atoms with Crippen LogP contribution in [-0.4, -0.2) is 45.2 Å². The molecule has 1 saturated carbocycles. The molecule has 2 unspecified atom stereocenters. The third-order valence-corrected chi connectivity index (χ3v) is 5.53. The number of guanidine groups is 1. The van der Waals surface area contributed by atoms with Gasteiger partial charge in [0.25, 0.3) is 0 Å². The average molecular weight is 359 g/mol. The largest absolute Gasteiger partial charge is 0.357 e. The van der Waals surface area contributed by atoms with Gasteiger partial charge in [-0.15, -0.1) is 0 Å². The Balaban J connectivity index is 1.64. The zero-order chi connectivity index (χ0) is 17.5. The van der Waals surface area contributed by atoms with Crippen molar-refractivity contribution < 1.29 is 0 Å². The first kappa shape index (κ1) is 17.8. The minimum atomic E-state index is 0.524. The number of thioether (sulfide) groups is 1. The maximum Gasteiger partial charge on any atom is 0.191 e. The van der Waals surface area contributed by atoms with Crippen LogP contribution in [0.1, 0.15) is 31.7 Å². The van der Waals surface area contributed by atoms with E-state index in [1.807, 2.05) is 23.9 Å². The van der Waals surface area contributed by atoms with Crippen LogP contribution >= 0.6 is 11.8 Å². The summed E-state index contributed by atoms with van der Waals surface area (Å²) in [5.74, 6) is 1.68. The van der Waals surface area contributed by atoms with E-state index in [0.29, 0.717) is 12.6 Å². The zero-order valence-corrected chi connectivity index (χ0v) is 15.6. The molecule has 1 heterocycles. The number of aromatic amines is 1. The van der Waals surface area contributed by atoms with Gasteiger partial charge in [-0.3, -0.25) is 5.10 Å². The molecule has 1 fully saturated rings. The molecule has 2 aromatic rings. The highest BCUT2D eigenvalue weighted by Gasteiger charge is 2.24. The van der Waals surface area contributed by atoms with Crippen LogP contribution in [0.15, 0.2) is 35.6 Å². The Kier molecular flexibility index (Phi) is 6.33. The smallest absolute Gasteiger partial charge is 0.191 e. The molecular formula is C18H26N6S. The van der Waals surface area contributed by atoms with Crippen LogP contribution in [0.25, 0.3) is 11.4 Å². The maximum absolute atomic E-state index is 4.76. The highest BCUT2D eigenvalue weighted by molar-refractivity contribution is 7.99. The molecule has 0 spiro atoms. The fourth-order valence-electron chi connectivity index (χ4n) is 3.13. The van der Waals surface area contributed by atoms with E-state index < -0.39 is 0 Å². The molecule has 1 aromatic carbocycles. The number of aliphatic imine (C=N–C) groups is 1. The molecule has 7 heteroatoms. The summed E-state index contributed by atoms with van der Waals surface area (Å²) in [6.45, 7) is 3.60. The van der Waals surface area contributed by atoms with Crippen LogP contribution in [0.3, 0.4) is 0 Å². The van der Waals surface area contributed by atoms with Crippen LogP contribution in [0, 0.1) is 0 Å². The molecule has 3 rings (SSSR count). The molecule has 1 aliphatic rings. The lowest BCUT2D eigenvalue weighted by atomic mass is 10.1. The molecular weight excluding hydrogens is 332 g/mol. The summed E-state index contributed by atoms with van der Waals surface area (Å²) in [4.78, 5) is 8.97. The first-order valence-electron chi connectivity index (χ1n) is 8.80. The Hall–Kier alpha value is -2.02. The number of H-pyrrole nitrogens is 1. The highest BCUT2D eigenvalue weighted by Crippen LogP contribution is 2.28. The molecule has 1 aromatic heterocycles. The zero-order valence-electron chi connectivity index (χ0n) is 14.8. The Bertz CT molecular complexity index is 685. The lowest BCUT2D eigenvalue weighted by molar-refractivity contribution is 0.615. The Labute approximate surface area is 153 Å². The molecule has 2 atom stereocenters. The summed E-state index contributed by atoms with van der Waals surface area (Å²) in [6.07, 6.45) is 7.45. The first-order valence-corrected chi connectivity index (χ1v) is 10.1. The second-order valence-electron chi connectivity index (χ2n) is 6.24. The van der Waals surface area contributed by atoms with Gasteiger partial charge >= 0.3 is 0 Å². The van der Waals surface area contributed by atoms with Gasteiger partial charge in [0.15, 0.2) is 11.8 Å². The molecule has 0 saturated heterocycles. The van der Waals surface area contributed by atoms with Crippen molar-refractivity contribution >= 4 is 17.7 Å². The van der Waals surface area contributed by atoms with E-state index in [2.05, 4.69) is 51.1 Å². The monoisotopic (exact) mass is 358 g/mol. The van der Waals surface area contributed by atoms with Gasteiger partial charge in [0.2, 0.25) is 0 Å². The van der Waals surface area contributed by atoms with Crippen LogP contribution < -0.4 is 10.6 Å². The predicted octanol–water partition coefficient (Wildman–Crippen LogP) is 2.81. The van der Waals surface area contributed by atoms with Crippen LogP contribution in [0.4, 0.5) is 0 Å². The summed E-state index contributed by atoms with van der Waals surface area (Å²) in [6, 6.07) is 8.77. The number of nitrogens with zero attached hydrogens (tertiary/aromatic N) is 3. The van der Waals surface area contributed by atoms with Gasteiger partial charge < -0.3 is 10.6 Å². The quantitative estimate of drug-likeness (QED) is 0.547. The van der Waals surface area contributed by atoms with Crippen molar-refractivity contribution in [2.75, 3.05) is 12.8 Å². The third-order valence-electron chi connectivity index (χ3n) is 4.44. The van der Waals surface area contributed by atoms with Crippen molar-refractivity contribution in [1.82, 2.24) is 25.8 Å². The van der Waals surface area contributed by atoms with Crippen molar-refractivity contribution in [3.63, 3.8) is 0 Å². The normalized spacial score (nSPS) is 20.6. The van der Waals surface area contributed by atoms with E-state index in [1.165, 1.54) is 25.6 Å². The number of hydrogen-bond donors (Lipinski definition) is 3. The van der Waals surface area contributed by atoms with Gasteiger partial charge in [-0.05, 0) is 44.1 Å². The lowest BCUT2D eigenvalue weighted by Crippen LogP contribution is -2.42. The Morgan fingerprint density at radius 1 is 1.40 bits per heavy atom. The lowest BCUT2D eigenvalue weighted by Gasteiger charge is -2.17. The van der Waals surface area contributed by atoms with E-state index in [9.17, 15) is 0 Å². The van der Waals surface area contributed by atoms with E-state index >= 15 is 0 Å². The van der Waals surface area contributed by atoms with Crippen molar-refractivity contribution in [1.29, 1.82) is 0 Å². The van der Waals surface area contributed by atoms with Crippen LogP contribution in [-0.2, 0) is 6.54 Å². The van der Waals surface area contributed by atoms with Crippen molar-refractivity contribution in [3.05, 3.63) is 36.2 Å². The van der Waals surface area contributed by atoms with Crippen molar-refractivity contribution in [2.45, 2.75) is 44.0 Å². The molecule has 0 bridgehead atoms. The number of rotatable bonds is 6. The molecule has 0 aliphatic heterocycles. The molecule has 25 heavy (non-hydrogen) atoms. The van der Waals surface area contributed by atoms with Crippen LogP contribution in [0.5, 0.6) is 0 Å². The molecule has 6 nitrogen and oxygen atoms in total. The summed E-state index contributed by atoms with van der Waals surface area (Å²) < 4.78 is 0. The Morgan fingerprint density at radius 2 is 2.32 bits per heavy atom. The van der Waals surface area contributed by atoms with Gasteiger partial charge in [-0.2, -0.15) is 16.9 Å². The number of benzene rings is 1. The van der Waals surface area contributed by atoms with E-state index in [-0.39, 0.29) is 0 Å². The summed E-state index contributed by atoms with van der Waals surface area (Å²) >= 11 is 1.97.